The number of rotatable bonds is 6. The maximum absolute atomic E-state index is 12.3. The van der Waals surface area contributed by atoms with Gasteiger partial charge in [0.25, 0.3) is 5.91 Å². The Labute approximate surface area is 202 Å². The number of hydrogen-bond donors (Lipinski definition) is 3. The number of carbonyl (C=O) groups is 2. The molecule has 1 aromatic heterocycles. The molecule has 3 N–H and O–H groups in total. The van der Waals surface area contributed by atoms with E-state index in [1.807, 2.05) is 18.2 Å². The van der Waals surface area contributed by atoms with Gasteiger partial charge in [0.1, 0.15) is 10.8 Å². The Kier molecular flexibility index (Phi) is 6.83. The van der Waals surface area contributed by atoms with E-state index in [-0.39, 0.29) is 11.8 Å². The van der Waals surface area contributed by atoms with Crippen molar-refractivity contribution in [3.05, 3.63) is 58.7 Å². The monoisotopic (exact) mass is 480 g/mol. The van der Waals surface area contributed by atoms with Crippen LogP contribution >= 0.6 is 11.6 Å². The van der Waals surface area contributed by atoms with E-state index in [0.29, 0.717) is 52.3 Å². The summed E-state index contributed by atoms with van der Waals surface area (Å²) in [5.41, 5.74) is 3.47. The van der Waals surface area contributed by atoms with Crippen LogP contribution in [0, 0.1) is 0 Å². The lowest BCUT2D eigenvalue weighted by Gasteiger charge is -2.21. The van der Waals surface area contributed by atoms with Crippen LogP contribution in [0.25, 0.3) is 0 Å². The molecular weight excluding hydrogens is 456 g/mol. The summed E-state index contributed by atoms with van der Waals surface area (Å²) in [6.07, 6.45) is 3.43. The number of benzene rings is 2. The number of carbonyl (C=O) groups excluding carboxylic acids is 2. The summed E-state index contributed by atoms with van der Waals surface area (Å²) >= 11 is 6.34. The van der Waals surface area contributed by atoms with Crippen LogP contribution in [0.5, 0.6) is 5.75 Å². The fraction of sp³-hybridized carbons (Fsp3) is 0.250. The van der Waals surface area contributed by atoms with Crippen molar-refractivity contribution >= 4 is 52.2 Å². The number of aromatic nitrogens is 2. The van der Waals surface area contributed by atoms with E-state index in [0.717, 1.165) is 17.7 Å². The van der Waals surface area contributed by atoms with Gasteiger partial charge in [0, 0.05) is 26.1 Å². The van der Waals surface area contributed by atoms with Gasteiger partial charge >= 0.3 is 0 Å². The van der Waals surface area contributed by atoms with Gasteiger partial charge in [0.2, 0.25) is 11.9 Å². The van der Waals surface area contributed by atoms with Crippen molar-refractivity contribution < 1.29 is 14.3 Å². The molecule has 2 amide bonds. The smallest absolute Gasteiger partial charge is 0.253 e. The standard InChI is InChI=1S/C24H25ClN6O3/c1-26-23(33)14-7-4-5-9-17(14)28-22-16(25)13-27-24(30-22)29-18-11-12-19-15(21(18)34-3)8-6-10-20(32)31(19)2/h4-5,7,9,11-13H,6,8,10H2,1-3H3,(H,26,33)(H2,27,28,29,30). The largest absolute Gasteiger partial charge is 0.494 e. The number of nitrogens with zero attached hydrogens (tertiary/aromatic N) is 3. The molecule has 0 atom stereocenters. The van der Waals surface area contributed by atoms with Crippen LogP contribution in [0.3, 0.4) is 0 Å². The van der Waals surface area contributed by atoms with Gasteiger partial charge in [0.15, 0.2) is 5.82 Å². The quantitative estimate of drug-likeness (QED) is 0.483. The van der Waals surface area contributed by atoms with Crippen LogP contribution in [0.1, 0.15) is 28.8 Å². The molecular formula is C24H25ClN6O3. The fourth-order valence-electron chi connectivity index (χ4n) is 3.91. The third-order valence-electron chi connectivity index (χ3n) is 5.64. The van der Waals surface area contributed by atoms with Gasteiger partial charge in [-0.25, -0.2) is 4.98 Å². The summed E-state index contributed by atoms with van der Waals surface area (Å²) in [6, 6.07) is 10.8. The molecule has 10 heteroatoms. The van der Waals surface area contributed by atoms with Gasteiger partial charge in [-0.05, 0) is 37.1 Å². The second-order valence-corrected chi connectivity index (χ2v) is 8.12. The SMILES string of the molecule is CNC(=O)c1ccccc1Nc1nc(Nc2ccc3c(c2OC)CCCC(=O)N3C)ncc1Cl. The van der Waals surface area contributed by atoms with Crippen molar-refractivity contribution in [3.8, 4) is 5.75 Å². The van der Waals surface area contributed by atoms with Gasteiger partial charge in [-0.3, -0.25) is 9.59 Å². The highest BCUT2D eigenvalue weighted by molar-refractivity contribution is 6.33. The molecule has 9 nitrogen and oxygen atoms in total. The van der Waals surface area contributed by atoms with E-state index >= 15 is 0 Å². The average Bonchev–Trinajstić information content (AvgIpc) is 2.99. The molecule has 3 aromatic rings. The lowest BCUT2D eigenvalue weighted by Crippen LogP contribution is -2.25. The van der Waals surface area contributed by atoms with Crippen LogP contribution in [0.2, 0.25) is 5.02 Å². The molecule has 0 radical (unpaired) electrons. The molecule has 0 saturated heterocycles. The van der Waals surface area contributed by atoms with Crippen molar-refractivity contribution in [2.45, 2.75) is 19.3 Å². The Hall–Kier alpha value is -3.85. The van der Waals surface area contributed by atoms with Crippen LogP contribution in [-0.2, 0) is 11.2 Å². The predicted octanol–water partition coefficient (Wildman–Crippen LogP) is 4.28. The Morgan fingerprint density at radius 2 is 1.91 bits per heavy atom. The number of hydrogen-bond acceptors (Lipinski definition) is 7. The molecule has 4 rings (SSSR count). The van der Waals surface area contributed by atoms with E-state index in [9.17, 15) is 9.59 Å². The Bertz CT molecular complexity index is 1250. The van der Waals surface area contributed by atoms with Gasteiger partial charge in [-0.15, -0.1) is 0 Å². The van der Waals surface area contributed by atoms with Crippen molar-refractivity contribution in [2.24, 2.45) is 0 Å². The van der Waals surface area contributed by atoms with Crippen LogP contribution < -0.4 is 25.6 Å². The first-order valence-electron chi connectivity index (χ1n) is 10.8. The third-order valence-corrected chi connectivity index (χ3v) is 5.91. The molecule has 1 aliphatic heterocycles. The first-order valence-corrected chi connectivity index (χ1v) is 11.1. The molecule has 2 heterocycles. The molecule has 0 saturated carbocycles. The molecule has 176 valence electrons. The first-order chi connectivity index (χ1) is 16.4. The normalized spacial score (nSPS) is 13.1. The fourth-order valence-corrected chi connectivity index (χ4v) is 4.05. The summed E-state index contributed by atoms with van der Waals surface area (Å²) in [4.78, 5) is 34.9. The van der Waals surface area contributed by atoms with E-state index in [1.165, 1.54) is 6.20 Å². The molecule has 1 aliphatic rings. The lowest BCUT2D eigenvalue weighted by molar-refractivity contribution is -0.118. The second kappa shape index (κ2) is 9.96. The second-order valence-electron chi connectivity index (χ2n) is 7.72. The number of halogens is 1. The molecule has 34 heavy (non-hydrogen) atoms. The van der Waals surface area contributed by atoms with Gasteiger partial charge < -0.3 is 25.6 Å². The molecule has 0 unspecified atom stereocenters. The van der Waals surface area contributed by atoms with E-state index in [1.54, 1.807) is 44.3 Å². The van der Waals surface area contributed by atoms with Crippen molar-refractivity contribution in [3.63, 3.8) is 0 Å². The number of anilines is 5. The molecule has 0 spiro atoms. The zero-order valence-corrected chi connectivity index (χ0v) is 19.9. The lowest BCUT2D eigenvalue weighted by atomic mass is 10.0. The Morgan fingerprint density at radius 1 is 1.12 bits per heavy atom. The number of fused-ring (bicyclic) bond motifs is 1. The van der Waals surface area contributed by atoms with Crippen LogP contribution in [0.4, 0.5) is 28.8 Å². The summed E-state index contributed by atoms with van der Waals surface area (Å²) in [5, 5.41) is 9.23. The minimum absolute atomic E-state index is 0.0790. The summed E-state index contributed by atoms with van der Waals surface area (Å²) in [5.74, 6) is 1.12. The molecule has 0 fully saturated rings. The van der Waals surface area contributed by atoms with E-state index in [4.69, 9.17) is 16.3 Å². The number of nitrogens with one attached hydrogen (secondary N) is 3. The third kappa shape index (κ3) is 4.60. The minimum Gasteiger partial charge on any atom is -0.494 e. The van der Waals surface area contributed by atoms with Crippen LogP contribution in [-0.4, -0.2) is 43.0 Å². The first kappa shape index (κ1) is 23.3. The van der Waals surface area contributed by atoms with Gasteiger partial charge in [-0.1, -0.05) is 23.7 Å². The van der Waals surface area contributed by atoms with Crippen molar-refractivity contribution in [1.29, 1.82) is 0 Å². The van der Waals surface area contributed by atoms with Crippen molar-refractivity contribution in [1.82, 2.24) is 15.3 Å². The zero-order chi connectivity index (χ0) is 24.2. The topological polar surface area (TPSA) is 108 Å². The maximum Gasteiger partial charge on any atom is 0.253 e. The van der Waals surface area contributed by atoms with E-state index in [2.05, 4.69) is 25.9 Å². The number of amides is 2. The summed E-state index contributed by atoms with van der Waals surface area (Å²) in [6.45, 7) is 0. The van der Waals surface area contributed by atoms with Crippen molar-refractivity contribution in [2.75, 3.05) is 36.7 Å². The van der Waals surface area contributed by atoms with Crippen LogP contribution in [0.15, 0.2) is 42.6 Å². The summed E-state index contributed by atoms with van der Waals surface area (Å²) in [7, 11) is 4.94. The Morgan fingerprint density at radius 3 is 2.68 bits per heavy atom. The molecule has 0 bridgehead atoms. The highest BCUT2D eigenvalue weighted by Gasteiger charge is 2.24. The zero-order valence-electron chi connectivity index (χ0n) is 19.1. The highest BCUT2D eigenvalue weighted by atomic mass is 35.5. The van der Waals surface area contributed by atoms with Gasteiger partial charge in [0.05, 0.1) is 35.9 Å². The highest BCUT2D eigenvalue weighted by Crippen LogP contribution is 2.40. The molecule has 2 aromatic carbocycles. The number of methoxy groups -OCH3 is 1. The predicted molar refractivity (Wildman–Crippen MR) is 133 cm³/mol. The van der Waals surface area contributed by atoms with E-state index < -0.39 is 0 Å². The minimum atomic E-state index is -0.232. The number of para-hydroxylation sites is 1. The summed E-state index contributed by atoms with van der Waals surface area (Å²) < 4.78 is 5.72. The average molecular weight is 481 g/mol. The van der Waals surface area contributed by atoms with Gasteiger partial charge in [-0.2, -0.15) is 4.98 Å². The number of ether oxygens (including phenoxy) is 1. The Balaban J connectivity index is 1.66. The maximum atomic E-state index is 12.3. The molecule has 0 aliphatic carbocycles.